The summed E-state index contributed by atoms with van der Waals surface area (Å²) in [7, 11) is 3.32. The van der Waals surface area contributed by atoms with Crippen molar-refractivity contribution in [3.8, 4) is 0 Å². The van der Waals surface area contributed by atoms with Crippen molar-refractivity contribution in [3.05, 3.63) is 6.33 Å². The minimum Gasteiger partial charge on any atom is -0.468 e. The Morgan fingerprint density at radius 1 is 1.68 bits per heavy atom. The molecule has 1 aromatic heterocycles. The highest BCUT2D eigenvalue weighted by Crippen LogP contribution is 2.27. The number of esters is 1. The van der Waals surface area contributed by atoms with Gasteiger partial charge in [0.1, 0.15) is 11.9 Å². The third kappa shape index (κ3) is 4.21. The molecule has 1 aromatic rings. The molecule has 6 nitrogen and oxygen atoms in total. The molecule has 0 aromatic carbocycles. The fourth-order valence-electron chi connectivity index (χ4n) is 2.02. The summed E-state index contributed by atoms with van der Waals surface area (Å²) in [6.45, 7) is 6.63. The predicted molar refractivity (Wildman–Crippen MR) is 75.0 cm³/mol. The van der Waals surface area contributed by atoms with Crippen LogP contribution in [0.15, 0.2) is 11.5 Å². The molecule has 0 fully saturated rings. The maximum absolute atomic E-state index is 11.9. The molecule has 0 bridgehead atoms. The maximum Gasteiger partial charge on any atom is 0.325 e. The lowest BCUT2D eigenvalue weighted by molar-refractivity contribution is -0.148. The molecule has 108 valence electrons. The van der Waals surface area contributed by atoms with Gasteiger partial charge in [-0.15, -0.1) is 10.2 Å². The van der Waals surface area contributed by atoms with E-state index in [0.717, 1.165) is 5.16 Å². The Balaban J connectivity index is 2.69. The zero-order valence-corrected chi connectivity index (χ0v) is 13.0. The van der Waals surface area contributed by atoms with E-state index in [2.05, 4.69) is 22.4 Å². The smallest absolute Gasteiger partial charge is 0.325 e. The second kappa shape index (κ2) is 6.91. The Kier molecular flexibility index (Phi) is 5.81. The van der Waals surface area contributed by atoms with Gasteiger partial charge in [-0.05, 0) is 19.9 Å². The fraction of sp³-hybridized carbons (Fsp3) is 0.750. The zero-order chi connectivity index (χ0) is 14.5. The number of methoxy groups -OCH3 is 1. The molecule has 0 spiro atoms. The number of nitrogens with one attached hydrogen (secondary N) is 1. The zero-order valence-electron chi connectivity index (χ0n) is 12.1. The normalized spacial score (nSPS) is 15.8. The second-order valence-corrected chi connectivity index (χ2v) is 6.12. The van der Waals surface area contributed by atoms with Gasteiger partial charge in [0.2, 0.25) is 0 Å². The first-order valence-corrected chi connectivity index (χ1v) is 7.15. The molecule has 19 heavy (non-hydrogen) atoms. The van der Waals surface area contributed by atoms with Crippen molar-refractivity contribution >= 4 is 17.7 Å². The molecule has 0 aliphatic rings. The van der Waals surface area contributed by atoms with Gasteiger partial charge < -0.3 is 14.6 Å². The molecular weight excluding hydrogens is 264 g/mol. The van der Waals surface area contributed by atoms with E-state index in [0.29, 0.717) is 13.0 Å². The highest BCUT2D eigenvalue weighted by molar-refractivity contribution is 7.99. The topological polar surface area (TPSA) is 69.0 Å². The quantitative estimate of drug-likeness (QED) is 0.600. The summed E-state index contributed by atoms with van der Waals surface area (Å²) in [5.41, 5.74) is -0.672. The first kappa shape index (κ1) is 16.0. The van der Waals surface area contributed by atoms with Crippen molar-refractivity contribution in [2.45, 2.75) is 43.1 Å². The molecule has 7 heteroatoms. The summed E-state index contributed by atoms with van der Waals surface area (Å²) in [5.74, 6) is -0.236. The highest BCUT2D eigenvalue weighted by Gasteiger charge is 2.35. The van der Waals surface area contributed by atoms with Crippen LogP contribution in [-0.2, 0) is 16.6 Å². The molecule has 0 aliphatic carbocycles. The monoisotopic (exact) mass is 286 g/mol. The Bertz CT molecular complexity index is 424. The number of ether oxygens (including phenoxy) is 1. The van der Waals surface area contributed by atoms with E-state index >= 15 is 0 Å². The van der Waals surface area contributed by atoms with Crippen LogP contribution in [-0.4, -0.2) is 45.2 Å². The minimum absolute atomic E-state index is 0.214. The van der Waals surface area contributed by atoms with Crippen LogP contribution >= 0.6 is 11.8 Å². The minimum atomic E-state index is -0.672. The van der Waals surface area contributed by atoms with E-state index in [9.17, 15) is 4.79 Å². The summed E-state index contributed by atoms with van der Waals surface area (Å²) in [5, 5.41) is 12.1. The van der Waals surface area contributed by atoms with Crippen LogP contribution in [0.4, 0.5) is 0 Å². The molecule has 0 radical (unpaired) electrons. The fourth-order valence-corrected chi connectivity index (χ4v) is 3.10. The molecule has 0 saturated heterocycles. The molecule has 2 unspecified atom stereocenters. The Labute approximate surface area is 118 Å². The van der Waals surface area contributed by atoms with Gasteiger partial charge in [0.25, 0.3) is 0 Å². The summed E-state index contributed by atoms with van der Waals surface area (Å²) in [6, 6.07) is 0. The molecule has 1 heterocycles. The average Bonchev–Trinajstić information content (AvgIpc) is 2.74. The van der Waals surface area contributed by atoms with Gasteiger partial charge in [0.05, 0.1) is 7.11 Å². The van der Waals surface area contributed by atoms with E-state index in [-0.39, 0.29) is 11.2 Å². The number of aryl methyl sites for hydroxylation is 1. The molecule has 0 saturated carbocycles. The maximum atomic E-state index is 11.9. The van der Waals surface area contributed by atoms with Crippen LogP contribution in [0.2, 0.25) is 0 Å². The third-order valence-corrected chi connectivity index (χ3v) is 4.02. The number of hydrogen-bond acceptors (Lipinski definition) is 6. The summed E-state index contributed by atoms with van der Waals surface area (Å²) < 4.78 is 6.75. The Morgan fingerprint density at radius 3 is 2.84 bits per heavy atom. The molecule has 0 amide bonds. The second-order valence-electron chi connectivity index (χ2n) is 4.71. The standard InChI is InChI=1S/C12H22N4O2S/c1-6-13-12(3,10(17)18-5)7-9(2)19-11-15-14-8-16(11)4/h8-9,13H,6-7H2,1-5H3. The van der Waals surface area contributed by atoms with E-state index in [1.54, 1.807) is 18.1 Å². The van der Waals surface area contributed by atoms with Gasteiger partial charge in [-0.1, -0.05) is 25.6 Å². The largest absolute Gasteiger partial charge is 0.468 e. The van der Waals surface area contributed by atoms with E-state index in [1.807, 2.05) is 25.5 Å². The van der Waals surface area contributed by atoms with Crippen molar-refractivity contribution in [1.29, 1.82) is 0 Å². The van der Waals surface area contributed by atoms with Crippen LogP contribution < -0.4 is 5.32 Å². The van der Waals surface area contributed by atoms with Crippen LogP contribution in [0.1, 0.15) is 27.2 Å². The third-order valence-electron chi connectivity index (χ3n) is 2.88. The average molecular weight is 286 g/mol. The molecule has 2 atom stereocenters. The van der Waals surface area contributed by atoms with Gasteiger partial charge in [0, 0.05) is 12.3 Å². The Hall–Kier alpha value is -1.08. The number of rotatable bonds is 7. The van der Waals surface area contributed by atoms with Crippen molar-refractivity contribution in [1.82, 2.24) is 20.1 Å². The lowest BCUT2D eigenvalue weighted by atomic mass is 9.96. The SMILES string of the molecule is CCNC(C)(CC(C)Sc1nncn1C)C(=O)OC. The number of thioether (sulfide) groups is 1. The van der Waals surface area contributed by atoms with E-state index in [1.165, 1.54) is 7.11 Å². The number of nitrogens with zero attached hydrogens (tertiary/aromatic N) is 3. The van der Waals surface area contributed by atoms with E-state index < -0.39 is 5.54 Å². The highest BCUT2D eigenvalue weighted by atomic mass is 32.2. The molecule has 1 rings (SSSR count). The summed E-state index contributed by atoms with van der Waals surface area (Å²) in [4.78, 5) is 11.9. The summed E-state index contributed by atoms with van der Waals surface area (Å²) in [6.07, 6.45) is 2.32. The molecule has 1 N–H and O–H groups in total. The van der Waals surface area contributed by atoms with Crippen LogP contribution in [0, 0.1) is 0 Å². The first-order valence-electron chi connectivity index (χ1n) is 6.27. The van der Waals surface area contributed by atoms with Crippen LogP contribution in [0.3, 0.4) is 0 Å². The van der Waals surface area contributed by atoms with Crippen molar-refractivity contribution in [2.24, 2.45) is 7.05 Å². The number of carbonyl (C=O) groups excluding carboxylic acids is 1. The first-order chi connectivity index (χ1) is 8.92. The lowest BCUT2D eigenvalue weighted by Gasteiger charge is -2.29. The number of likely N-dealkylation sites (N-methyl/N-ethyl adjacent to an activating group) is 1. The van der Waals surface area contributed by atoms with Gasteiger partial charge in [-0.25, -0.2) is 0 Å². The van der Waals surface area contributed by atoms with Crippen LogP contribution in [0.25, 0.3) is 0 Å². The molecular formula is C12H22N4O2S. The summed E-state index contributed by atoms with van der Waals surface area (Å²) >= 11 is 1.60. The van der Waals surface area contributed by atoms with E-state index in [4.69, 9.17) is 4.74 Å². The predicted octanol–water partition coefficient (Wildman–Crippen LogP) is 1.23. The van der Waals surface area contributed by atoms with Gasteiger partial charge in [0.15, 0.2) is 5.16 Å². The Morgan fingerprint density at radius 2 is 2.37 bits per heavy atom. The van der Waals surface area contributed by atoms with Crippen molar-refractivity contribution < 1.29 is 9.53 Å². The van der Waals surface area contributed by atoms with Gasteiger partial charge in [-0.3, -0.25) is 4.79 Å². The number of carbonyl (C=O) groups is 1. The molecule has 0 aliphatic heterocycles. The number of aromatic nitrogens is 3. The van der Waals surface area contributed by atoms with Gasteiger partial charge in [-0.2, -0.15) is 0 Å². The van der Waals surface area contributed by atoms with Crippen LogP contribution in [0.5, 0.6) is 0 Å². The lowest BCUT2D eigenvalue weighted by Crippen LogP contribution is -2.51. The van der Waals surface area contributed by atoms with Crippen molar-refractivity contribution in [2.75, 3.05) is 13.7 Å². The number of hydrogen-bond donors (Lipinski definition) is 1. The van der Waals surface area contributed by atoms with Crippen molar-refractivity contribution in [3.63, 3.8) is 0 Å². The van der Waals surface area contributed by atoms with Gasteiger partial charge >= 0.3 is 5.97 Å².